The Morgan fingerprint density at radius 2 is 1.83 bits per heavy atom. The molecule has 0 aromatic heterocycles. The number of hydrogen-bond acceptors (Lipinski definition) is 4. The van der Waals surface area contributed by atoms with Crippen LogP contribution in [0.15, 0.2) is 0 Å². The van der Waals surface area contributed by atoms with Gasteiger partial charge in [0.05, 0.1) is 19.3 Å². The molecule has 4 rings (SSSR count). The van der Waals surface area contributed by atoms with Gasteiger partial charge in [-0.15, -0.1) is 0 Å². The largest absolute Gasteiger partial charge is 0.469 e. The van der Waals surface area contributed by atoms with Gasteiger partial charge in [0.15, 0.2) is 0 Å². The van der Waals surface area contributed by atoms with Crippen LogP contribution in [0.3, 0.4) is 0 Å². The Morgan fingerprint density at radius 3 is 2.55 bits per heavy atom. The number of rotatable bonds is 4. The van der Waals surface area contributed by atoms with Crippen LogP contribution in [0.1, 0.15) is 85.0 Å². The van der Waals surface area contributed by atoms with E-state index in [2.05, 4.69) is 20.8 Å². The molecule has 0 radical (unpaired) electrons. The molecule has 10 atom stereocenters. The fraction of sp³-hybridized carbons (Fsp3) is 0.960. The van der Waals surface area contributed by atoms with E-state index in [1.165, 1.54) is 32.8 Å². The topological polar surface area (TPSA) is 66.8 Å². The molecule has 4 nitrogen and oxygen atoms in total. The summed E-state index contributed by atoms with van der Waals surface area (Å²) in [5.74, 6) is 3.36. The molecule has 0 unspecified atom stereocenters. The van der Waals surface area contributed by atoms with Crippen LogP contribution in [0, 0.1) is 46.3 Å². The highest BCUT2D eigenvalue weighted by Crippen LogP contribution is 2.68. The molecule has 0 saturated heterocycles. The Hall–Kier alpha value is -0.610. The molecule has 4 saturated carbocycles. The summed E-state index contributed by atoms with van der Waals surface area (Å²) in [5, 5.41) is 21.8. The Labute approximate surface area is 176 Å². The van der Waals surface area contributed by atoms with Gasteiger partial charge in [0, 0.05) is 6.42 Å². The van der Waals surface area contributed by atoms with Crippen LogP contribution in [-0.2, 0) is 9.53 Å². The molecule has 4 fully saturated rings. The van der Waals surface area contributed by atoms with Gasteiger partial charge in [-0.2, -0.15) is 0 Å². The van der Waals surface area contributed by atoms with Crippen LogP contribution in [0.4, 0.5) is 0 Å². The number of esters is 1. The second-order valence-electron chi connectivity index (χ2n) is 11.5. The zero-order chi connectivity index (χ0) is 21.0. The minimum absolute atomic E-state index is 0.0198. The van der Waals surface area contributed by atoms with Gasteiger partial charge in [-0.3, -0.25) is 4.79 Å². The van der Waals surface area contributed by atoms with E-state index in [9.17, 15) is 15.0 Å². The van der Waals surface area contributed by atoms with Crippen LogP contribution >= 0.6 is 0 Å². The molecule has 0 bridgehead atoms. The molecule has 0 spiro atoms. The van der Waals surface area contributed by atoms with Crippen molar-refractivity contribution in [2.45, 2.75) is 97.2 Å². The van der Waals surface area contributed by atoms with Crippen LogP contribution in [0.2, 0.25) is 0 Å². The fourth-order valence-corrected chi connectivity index (χ4v) is 8.81. The lowest BCUT2D eigenvalue weighted by Gasteiger charge is -2.62. The standard InChI is InChI=1S/C25H42O4/c1-15(5-10-23(28)29-4)19-8-9-20-18-7-6-16-13-17(26)11-12-24(16,2)21(18)14-22(27)25(19,20)3/h15-22,26-27H,5-14H2,1-4H3/t15-,16-,17-,18-,19-,20-,21-,22-,24-,25+/m0/s1. The predicted octanol–water partition coefficient (Wildman–Crippen LogP) is 4.57. The van der Waals surface area contributed by atoms with E-state index in [0.29, 0.717) is 41.4 Å². The maximum Gasteiger partial charge on any atom is 0.305 e. The Kier molecular flexibility index (Phi) is 5.83. The third kappa shape index (κ3) is 3.37. The van der Waals surface area contributed by atoms with Gasteiger partial charge in [0.1, 0.15) is 0 Å². The van der Waals surface area contributed by atoms with Gasteiger partial charge < -0.3 is 14.9 Å². The number of hydrogen-bond donors (Lipinski definition) is 2. The van der Waals surface area contributed by atoms with Gasteiger partial charge in [0.2, 0.25) is 0 Å². The minimum Gasteiger partial charge on any atom is -0.469 e. The van der Waals surface area contributed by atoms with Crippen LogP contribution in [0.5, 0.6) is 0 Å². The molecule has 2 N–H and O–H groups in total. The average molecular weight is 407 g/mol. The molecule has 29 heavy (non-hydrogen) atoms. The highest BCUT2D eigenvalue weighted by molar-refractivity contribution is 5.69. The molecule has 0 amide bonds. The van der Waals surface area contributed by atoms with E-state index in [1.54, 1.807) is 0 Å². The molecular weight excluding hydrogens is 364 g/mol. The van der Waals surface area contributed by atoms with E-state index < -0.39 is 0 Å². The number of carbonyl (C=O) groups excluding carboxylic acids is 1. The van der Waals surface area contributed by atoms with Crippen molar-refractivity contribution in [3.63, 3.8) is 0 Å². The lowest BCUT2D eigenvalue weighted by atomic mass is 9.43. The molecule has 4 aliphatic carbocycles. The van der Waals surface area contributed by atoms with Gasteiger partial charge in [0.25, 0.3) is 0 Å². The average Bonchev–Trinajstić information content (AvgIpc) is 3.06. The highest BCUT2D eigenvalue weighted by Gasteiger charge is 2.63. The molecule has 0 aliphatic heterocycles. The van der Waals surface area contributed by atoms with Crippen molar-refractivity contribution in [3.8, 4) is 0 Å². The lowest BCUT2D eigenvalue weighted by Crippen LogP contribution is -2.58. The summed E-state index contributed by atoms with van der Waals surface area (Å²) in [6.45, 7) is 7.12. The minimum atomic E-state index is -0.246. The Balaban J connectivity index is 1.53. The SMILES string of the molecule is COC(=O)CC[C@H](C)[C@@H]1CC[C@H]2[C@@H]3CC[C@H]4C[C@@H](O)CC[C@]4(C)[C@H]3C[C@H](O)[C@@]21C. The van der Waals surface area contributed by atoms with Crippen molar-refractivity contribution in [1.82, 2.24) is 0 Å². The summed E-state index contributed by atoms with van der Waals surface area (Å²) >= 11 is 0. The molecule has 166 valence electrons. The first-order valence-corrected chi connectivity index (χ1v) is 12.1. The number of carbonyl (C=O) groups is 1. The van der Waals surface area contributed by atoms with E-state index in [1.807, 2.05) is 0 Å². The number of aliphatic hydroxyl groups excluding tert-OH is 2. The van der Waals surface area contributed by atoms with Crippen molar-refractivity contribution < 1.29 is 19.7 Å². The van der Waals surface area contributed by atoms with Crippen LogP contribution in [0.25, 0.3) is 0 Å². The van der Waals surface area contributed by atoms with Gasteiger partial charge in [-0.05, 0) is 104 Å². The van der Waals surface area contributed by atoms with Gasteiger partial charge >= 0.3 is 5.97 Å². The van der Waals surface area contributed by atoms with Crippen molar-refractivity contribution >= 4 is 5.97 Å². The number of aliphatic hydroxyl groups is 2. The summed E-state index contributed by atoms with van der Waals surface area (Å²) in [4.78, 5) is 11.6. The molecule has 0 aromatic carbocycles. The van der Waals surface area contributed by atoms with Crippen LogP contribution in [-0.4, -0.2) is 35.5 Å². The smallest absolute Gasteiger partial charge is 0.305 e. The van der Waals surface area contributed by atoms with E-state index in [-0.39, 0.29) is 23.6 Å². The molecular formula is C25H42O4. The molecule has 4 aliphatic rings. The Bertz CT molecular complexity index is 620. The predicted molar refractivity (Wildman–Crippen MR) is 113 cm³/mol. The van der Waals surface area contributed by atoms with Crippen molar-refractivity contribution in [1.29, 1.82) is 0 Å². The summed E-state index contributed by atoms with van der Waals surface area (Å²) in [5.41, 5.74) is 0.271. The zero-order valence-electron chi connectivity index (χ0n) is 18.9. The molecule has 0 heterocycles. The zero-order valence-corrected chi connectivity index (χ0v) is 18.9. The van der Waals surface area contributed by atoms with Crippen molar-refractivity contribution in [3.05, 3.63) is 0 Å². The third-order valence-corrected chi connectivity index (χ3v) is 10.5. The van der Waals surface area contributed by atoms with E-state index >= 15 is 0 Å². The quantitative estimate of drug-likeness (QED) is 0.671. The Morgan fingerprint density at radius 1 is 1.07 bits per heavy atom. The van der Waals surface area contributed by atoms with E-state index in [4.69, 9.17) is 4.74 Å². The maximum absolute atomic E-state index is 11.6. The first kappa shape index (κ1) is 21.6. The van der Waals surface area contributed by atoms with Crippen molar-refractivity contribution in [2.75, 3.05) is 7.11 Å². The third-order valence-electron chi connectivity index (χ3n) is 10.5. The fourth-order valence-electron chi connectivity index (χ4n) is 8.81. The number of ether oxygens (including phenoxy) is 1. The maximum atomic E-state index is 11.6. The van der Waals surface area contributed by atoms with Crippen LogP contribution < -0.4 is 0 Å². The second-order valence-corrected chi connectivity index (χ2v) is 11.5. The summed E-state index contributed by atoms with van der Waals surface area (Å²) in [6.07, 6.45) is 9.86. The van der Waals surface area contributed by atoms with Gasteiger partial charge in [-0.25, -0.2) is 0 Å². The highest BCUT2D eigenvalue weighted by atomic mass is 16.5. The normalized spacial score (nSPS) is 50.2. The first-order valence-electron chi connectivity index (χ1n) is 12.1. The number of fused-ring (bicyclic) bond motifs is 5. The summed E-state index contributed by atoms with van der Waals surface area (Å²) in [7, 11) is 1.46. The monoisotopic (exact) mass is 406 g/mol. The van der Waals surface area contributed by atoms with E-state index in [0.717, 1.165) is 38.0 Å². The summed E-state index contributed by atoms with van der Waals surface area (Å²) in [6, 6.07) is 0. The molecule has 0 aromatic rings. The van der Waals surface area contributed by atoms with Crippen molar-refractivity contribution in [2.24, 2.45) is 46.3 Å². The second kappa shape index (κ2) is 7.82. The first-order chi connectivity index (χ1) is 13.7. The lowest BCUT2D eigenvalue weighted by molar-refractivity contribution is -0.175. The van der Waals surface area contributed by atoms with Gasteiger partial charge in [-0.1, -0.05) is 20.8 Å². The molecule has 4 heteroatoms. The summed E-state index contributed by atoms with van der Waals surface area (Å²) < 4.78 is 4.85. The number of methoxy groups -OCH3 is 1.